The van der Waals surface area contributed by atoms with Crippen LogP contribution in [0.15, 0.2) is 83.7 Å². The van der Waals surface area contributed by atoms with Gasteiger partial charge in [0.2, 0.25) is 0 Å². The van der Waals surface area contributed by atoms with Gasteiger partial charge in [0, 0.05) is 18.8 Å². The van der Waals surface area contributed by atoms with E-state index in [1.807, 2.05) is 36.4 Å². The number of fused-ring (bicyclic) bond motifs is 3. The molecule has 5 aromatic rings. The van der Waals surface area contributed by atoms with Crippen LogP contribution in [0.5, 0.6) is 0 Å². The number of hydrogen-bond donors (Lipinski definition) is 0. The fourth-order valence-electron chi connectivity index (χ4n) is 3.73. The van der Waals surface area contributed by atoms with Crippen LogP contribution in [0.2, 0.25) is 0 Å². The molecule has 0 aliphatic heterocycles. The van der Waals surface area contributed by atoms with Gasteiger partial charge in [-0.2, -0.15) is 0 Å². The van der Waals surface area contributed by atoms with E-state index < -0.39 is 0 Å². The molecule has 5 rings (SSSR count). The molecule has 0 amide bonds. The van der Waals surface area contributed by atoms with Gasteiger partial charge < -0.3 is 4.90 Å². The van der Waals surface area contributed by atoms with E-state index in [0.29, 0.717) is 4.53 Å². The molecule has 30 heavy (non-hydrogen) atoms. The summed E-state index contributed by atoms with van der Waals surface area (Å²) in [6.45, 7) is 3.97. The Morgan fingerprint density at radius 3 is 2.47 bits per heavy atom. The van der Waals surface area contributed by atoms with Gasteiger partial charge >= 0.3 is 0 Å². The van der Waals surface area contributed by atoms with Crippen molar-refractivity contribution in [2.24, 2.45) is 0 Å². The van der Waals surface area contributed by atoms with E-state index in [2.05, 4.69) is 65.3 Å². The first kappa shape index (κ1) is 18.6. The monoisotopic (exact) mass is 411 g/mol. The van der Waals surface area contributed by atoms with Gasteiger partial charge in [-0.3, -0.25) is 4.79 Å². The molecule has 0 atom stereocenters. The summed E-state index contributed by atoms with van der Waals surface area (Å²) in [6, 6.07) is 26.6. The number of imidazole rings is 1. The number of para-hydroxylation sites is 2. The molecule has 0 saturated carbocycles. The smallest absolute Gasteiger partial charge is 0.274 e. The maximum atomic E-state index is 12.9. The topological polar surface area (TPSA) is 37.6 Å². The van der Waals surface area contributed by atoms with Crippen LogP contribution in [0, 0.1) is 0 Å². The van der Waals surface area contributed by atoms with Gasteiger partial charge in [0.25, 0.3) is 5.56 Å². The molecule has 0 aliphatic carbocycles. The molecule has 0 bridgehead atoms. The maximum Gasteiger partial charge on any atom is 0.274 e. The minimum Gasteiger partial charge on any atom is -0.367 e. The Hall–Kier alpha value is -3.44. The Morgan fingerprint density at radius 2 is 1.70 bits per heavy atom. The number of nitrogens with zero attached hydrogens (tertiary/aromatic N) is 3. The number of aromatic nitrogens is 2. The SMILES string of the molecule is CCN(Cc1ccccc1)c1ccc(C=c2sc3nc4ccccc4n3c2=O)cc1. The summed E-state index contributed by atoms with van der Waals surface area (Å²) in [7, 11) is 0. The molecule has 3 aromatic carbocycles. The summed E-state index contributed by atoms with van der Waals surface area (Å²) in [6.07, 6.45) is 1.95. The van der Waals surface area contributed by atoms with Crippen molar-refractivity contribution < 1.29 is 0 Å². The zero-order valence-corrected chi connectivity index (χ0v) is 17.5. The summed E-state index contributed by atoms with van der Waals surface area (Å²) in [5.41, 5.74) is 5.19. The van der Waals surface area contributed by atoms with Gasteiger partial charge in [-0.25, -0.2) is 9.38 Å². The molecule has 4 nitrogen and oxygen atoms in total. The molecule has 148 valence electrons. The lowest BCUT2D eigenvalue weighted by Gasteiger charge is -2.23. The van der Waals surface area contributed by atoms with Crippen molar-refractivity contribution in [3.8, 4) is 0 Å². The third-order valence-corrected chi connectivity index (χ3v) is 6.27. The molecule has 2 aromatic heterocycles. The quantitative estimate of drug-likeness (QED) is 0.428. The number of rotatable bonds is 5. The van der Waals surface area contributed by atoms with Crippen LogP contribution < -0.4 is 15.0 Å². The van der Waals surface area contributed by atoms with Gasteiger partial charge in [0.05, 0.1) is 15.6 Å². The Kier molecular flexibility index (Phi) is 4.81. The predicted octanol–water partition coefficient (Wildman–Crippen LogP) is 4.48. The summed E-state index contributed by atoms with van der Waals surface area (Å²) < 4.78 is 2.41. The normalized spacial score (nSPS) is 12.1. The molecule has 2 heterocycles. The highest BCUT2D eigenvalue weighted by molar-refractivity contribution is 7.15. The number of thiazole rings is 1. The highest BCUT2D eigenvalue weighted by atomic mass is 32.1. The molecule has 0 unspecified atom stereocenters. The zero-order valence-electron chi connectivity index (χ0n) is 16.7. The fraction of sp³-hybridized carbons (Fsp3) is 0.120. The second-order valence-electron chi connectivity index (χ2n) is 7.23. The van der Waals surface area contributed by atoms with Gasteiger partial charge in [-0.15, -0.1) is 0 Å². The van der Waals surface area contributed by atoms with Crippen LogP contribution in [0.1, 0.15) is 18.1 Å². The van der Waals surface area contributed by atoms with Crippen molar-refractivity contribution in [3.63, 3.8) is 0 Å². The van der Waals surface area contributed by atoms with Crippen LogP contribution in [-0.4, -0.2) is 15.9 Å². The molecule has 0 spiro atoms. The van der Waals surface area contributed by atoms with E-state index in [9.17, 15) is 4.79 Å². The van der Waals surface area contributed by atoms with Gasteiger partial charge in [-0.1, -0.05) is 65.9 Å². The third kappa shape index (κ3) is 3.37. The lowest BCUT2D eigenvalue weighted by Crippen LogP contribution is -2.23. The number of hydrogen-bond acceptors (Lipinski definition) is 4. The predicted molar refractivity (Wildman–Crippen MR) is 125 cm³/mol. The minimum atomic E-state index is -0.00737. The van der Waals surface area contributed by atoms with E-state index in [1.54, 1.807) is 4.40 Å². The molecule has 0 saturated heterocycles. The second kappa shape index (κ2) is 7.76. The zero-order chi connectivity index (χ0) is 20.5. The summed E-state index contributed by atoms with van der Waals surface area (Å²) in [4.78, 5) is 20.6. The highest BCUT2D eigenvalue weighted by Gasteiger charge is 2.10. The summed E-state index contributed by atoms with van der Waals surface area (Å²) in [5, 5.41) is 0. The standard InChI is InChI=1S/C25H21N3OS/c1-2-27(17-19-8-4-3-5-9-19)20-14-12-18(13-15-20)16-23-24(29)28-22-11-7-6-10-21(22)26-25(28)30-23/h3-16H,2,17H2,1H3. The van der Waals surface area contributed by atoms with Crippen LogP contribution in [0.3, 0.4) is 0 Å². The first-order chi connectivity index (χ1) is 14.7. The van der Waals surface area contributed by atoms with Crippen molar-refractivity contribution in [1.29, 1.82) is 0 Å². The van der Waals surface area contributed by atoms with Crippen LogP contribution in [0.25, 0.3) is 22.1 Å². The minimum absolute atomic E-state index is 0.00737. The molecule has 5 heteroatoms. The Balaban J connectivity index is 1.46. The van der Waals surface area contributed by atoms with E-state index in [1.165, 1.54) is 22.6 Å². The summed E-state index contributed by atoms with van der Waals surface area (Å²) in [5.74, 6) is 0. The van der Waals surface area contributed by atoms with E-state index in [-0.39, 0.29) is 5.56 Å². The Bertz CT molecular complexity index is 1420. The largest absolute Gasteiger partial charge is 0.367 e. The van der Waals surface area contributed by atoms with Crippen molar-refractivity contribution in [3.05, 3.63) is 105 Å². The van der Waals surface area contributed by atoms with E-state index >= 15 is 0 Å². The van der Waals surface area contributed by atoms with Crippen molar-refractivity contribution in [2.75, 3.05) is 11.4 Å². The van der Waals surface area contributed by atoms with Gasteiger partial charge in [-0.05, 0) is 48.4 Å². The lowest BCUT2D eigenvalue weighted by molar-refractivity contribution is 0.832. The lowest BCUT2D eigenvalue weighted by atomic mass is 10.1. The first-order valence-corrected chi connectivity index (χ1v) is 10.9. The molecule has 0 aliphatic rings. The van der Waals surface area contributed by atoms with Crippen molar-refractivity contribution >= 4 is 39.1 Å². The Labute approximate surface area is 178 Å². The number of benzene rings is 3. The van der Waals surface area contributed by atoms with Gasteiger partial charge in [0.1, 0.15) is 0 Å². The highest BCUT2D eigenvalue weighted by Crippen LogP contribution is 2.19. The fourth-order valence-corrected chi connectivity index (χ4v) is 4.72. The molecular formula is C25H21N3OS. The van der Waals surface area contributed by atoms with Crippen molar-refractivity contribution in [2.45, 2.75) is 13.5 Å². The van der Waals surface area contributed by atoms with Gasteiger partial charge in [0.15, 0.2) is 4.96 Å². The van der Waals surface area contributed by atoms with E-state index in [0.717, 1.165) is 34.6 Å². The maximum absolute atomic E-state index is 12.9. The number of anilines is 1. The van der Waals surface area contributed by atoms with E-state index in [4.69, 9.17) is 0 Å². The van der Waals surface area contributed by atoms with Crippen LogP contribution >= 0.6 is 11.3 Å². The molecular weight excluding hydrogens is 390 g/mol. The van der Waals surface area contributed by atoms with Crippen LogP contribution in [0.4, 0.5) is 5.69 Å². The Morgan fingerprint density at radius 1 is 0.967 bits per heavy atom. The first-order valence-electron chi connectivity index (χ1n) is 10.0. The summed E-state index contributed by atoms with van der Waals surface area (Å²) >= 11 is 1.43. The molecule has 0 radical (unpaired) electrons. The molecule has 0 fully saturated rings. The second-order valence-corrected chi connectivity index (χ2v) is 8.23. The van der Waals surface area contributed by atoms with Crippen LogP contribution in [-0.2, 0) is 6.54 Å². The third-order valence-electron chi connectivity index (χ3n) is 5.30. The average Bonchev–Trinajstić information content (AvgIpc) is 3.29. The molecule has 0 N–H and O–H groups in total. The average molecular weight is 412 g/mol. The van der Waals surface area contributed by atoms with Crippen molar-refractivity contribution in [1.82, 2.24) is 9.38 Å².